The van der Waals surface area contributed by atoms with Gasteiger partial charge in [0.25, 0.3) is 10.8 Å². The first-order valence-corrected chi connectivity index (χ1v) is 5.67. The quantitative estimate of drug-likeness (QED) is 0.761. The predicted octanol–water partition coefficient (Wildman–Crippen LogP) is 2.16. The maximum atomic E-state index is 11.8. The molecule has 0 saturated heterocycles. The minimum absolute atomic E-state index is 0.00816. The molecular weight excluding hydrogens is 228 g/mol. The Morgan fingerprint density at radius 1 is 1.56 bits per heavy atom. The highest BCUT2D eigenvalue weighted by atomic mass is 35.5. The van der Waals surface area contributed by atoms with Gasteiger partial charge in [-0.3, -0.25) is 9.59 Å². The number of aryl methyl sites for hydroxylation is 1. The minimum Gasteiger partial charge on any atom is -0.275 e. The van der Waals surface area contributed by atoms with E-state index in [4.69, 9.17) is 11.6 Å². The monoisotopic (exact) mass is 242 g/mol. The summed E-state index contributed by atoms with van der Waals surface area (Å²) in [5.74, 6) is 0.151. The Morgan fingerprint density at radius 3 is 2.62 bits per heavy atom. The van der Waals surface area contributed by atoms with E-state index in [9.17, 15) is 9.59 Å². The van der Waals surface area contributed by atoms with Crippen LogP contribution in [-0.4, -0.2) is 15.0 Å². The van der Waals surface area contributed by atoms with Crippen molar-refractivity contribution in [2.75, 3.05) is 0 Å². The van der Waals surface area contributed by atoms with Gasteiger partial charge >= 0.3 is 0 Å². The summed E-state index contributed by atoms with van der Waals surface area (Å²) in [7, 11) is 0. The lowest BCUT2D eigenvalue weighted by Gasteiger charge is -2.10. The molecule has 4 nitrogen and oxygen atoms in total. The third kappa shape index (κ3) is 2.70. The molecule has 5 heteroatoms. The summed E-state index contributed by atoms with van der Waals surface area (Å²) in [6, 6.07) is 1.48. The van der Waals surface area contributed by atoms with Crippen molar-refractivity contribution >= 4 is 16.8 Å². The van der Waals surface area contributed by atoms with Gasteiger partial charge < -0.3 is 0 Å². The number of hydrogen-bond donors (Lipinski definition) is 0. The van der Waals surface area contributed by atoms with Crippen LogP contribution in [0, 0.1) is 0 Å². The molecule has 88 valence electrons. The lowest BCUT2D eigenvalue weighted by Crippen LogP contribution is -2.28. The van der Waals surface area contributed by atoms with Crippen molar-refractivity contribution < 1.29 is 4.79 Å². The van der Waals surface area contributed by atoms with Crippen molar-refractivity contribution in [2.45, 2.75) is 39.7 Å². The molecule has 0 atom stereocenters. The average Bonchev–Trinajstić information content (AvgIpc) is 2.20. The van der Waals surface area contributed by atoms with Crippen molar-refractivity contribution in [2.24, 2.45) is 0 Å². The maximum Gasteiger partial charge on any atom is 0.278 e. The molecule has 0 aliphatic rings. The Morgan fingerprint density at radius 2 is 2.19 bits per heavy atom. The fourth-order valence-electron chi connectivity index (χ4n) is 1.35. The van der Waals surface area contributed by atoms with E-state index in [1.54, 1.807) is 0 Å². The van der Waals surface area contributed by atoms with Gasteiger partial charge in [-0.05, 0) is 30.0 Å². The van der Waals surface area contributed by atoms with Crippen molar-refractivity contribution in [1.29, 1.82) is 0 Å². The van der Waals surface area contributed by atoms with Crippen LogP contribution in [0.1, 0.15) is 49.2 Å². The molecule has 0 aliphatic carbocycles. The van der Waals surface area contributed by atoms with E-state index < -0.39 is 10.8 Å². The minimum atomic E-state index is -0.723. The van der Waals surface area contributed by atoms with Crippen LogP contribution in [0.3, 0.4) is 0 Å². The summed E-state index contributed by atoms with van der Waals surface area (Å²) in [5.41, 5.74) is 0.303. The lowest BCUT2D eigenvalue weighted by atomic mass is 10.1. The summed E-state index contributed by atoms with van der Waals surface area (Å²) in [6.45, 7) is 6.34. The Balaban J connectivity index is 3.39. The van der Waals surface area contributed by atoms with Gasteiger partial charge in [-0.1, -0.05) is 20.8 Å². The standard InChI is InChI=1S/C11H15ClN2O2/c1-4-5-14-11(16)8(10(12)15)6-9(13-14)7(2)3/h6-7H,4-5H2,1-3H3. The van der Waals surface area contributed by atoms with E-state index in [0.717, 1.165) is 6.42 Å². The molecule has 1 aromatic rings. The third-order valence-electron chi connectivity index (χ3n) is 2.23. The molecule has 0 fully saturated rings. The second-order valence-corrected chi connectivity index (χ2v) is 4.28. The second-order valence-electron chi connectivity index (χ2n) is 3.94. The Bertz CT molecular complexity index is 452. The highest BCUT2D eigenvalue weighted by Crippen LogP contribution is 2.11. The number of nitrogens with zero attached hydrogens (tertiary/aromatic N) is 2. The normalized spacial score (nSPS) is 10.8. The van der Waals surface area contributed by atoms with Gasteiger partial charge in [-0.25, -0.2) is 4.68 Å². The van der Waals surface area contributed by atoms with E-state index in [1.165, 1.54) is 10.7 Å². The van der Waals surface area contributed by atoms with E-state index in [1.807, 2.05) is 20.8 Å². The van der Waals surface area contributed by atoms with Gasteiger partial charge in [0.2, 0.25) is 0 Å². The van der Waals surface area contributed by atoms with Crippen LogP contribution >= 0.6 is 11.6 Å². The highest BCUT2D eigenvalue weighted by Gasteiger charge is 2.14. The van der Waals surface area contributed by atoms with Crippen LogP contribution in [-0.2, 0) is 6.54 Å². The Hall–Kier alpha value is -1.16. The summed E-state index contributed by atoms with van der Waals surface area (Å²) in [6.07, 6.45) is 0.782. The first-order valence-electron chi connectivity index (χ1n) is 5.29. The smallest absolute Gasteiger partial charge is 0.275 e. The van der Waals surface area contributed by atoms with Gasteiger partial charge in [-0.15, -0.1) is 0 Å². The van der Waals surface area contributed by atoms with Crippen molar-refractivity contribution in [3.8, 4) is 0 Å². The molecule has 0 N–H and O–H groups in total. The van der Waals surface area contributed by atoms with Gasteiger partial charge in [0.1, 0.15) is 5.56 Å². The third-order valence-corrected chi connectivity index (χ3v) is 2.44. The van der Waals surface area contributed by atoms with Crippen LogP contribution < -0.4 is 5.56 Å². The Labute approximate surface area is 99.2 Å². The molecule has 0 radical (unpaired) electrons. The van der Waals surface area contributed by atoms with Gasteiger partial charge in [-0.2, -0.15) is 5.10 Å². The summed E-state index contributed by atoms with van der Waals surface area (Å²) in [4.78, 5) is 22.9. The first kappa shape index (κ1) is 12.9. The molecule has 1 aromatic heterocycles. The molecule has 1 heterocycles. The molecule has 0 amide bonds. The molecule has 0 aliphatic heterocycles. The SMILES string of the molecule is CCCn1nc(C(C)C)cc(C(=O)Cl)c1=O. The molecule has 0 saturated carbocycles. The summed E-state index contributed by atoms with van der Waals surface area (Å²) in [5, 5.41) is 3.47. The molecular formula is C11H15ClN2O2. The average molecular weight is 243 g/mol. The van der Waals surface area contributed by atoms with Gasteiger partial charge in [0.15, 0.2) is 0 Å². The van der Waals surface area contributed by atoms with Crippen LogP contribution in [0.5, 0.6) is 0 Å². The first-order chi connectivity index (χ1) is 7.47. The lowest BCUT2D eigenvalue weighted by molar-refractivity contribution is 0.107. The van der Waals surface area contributed by atoms with Crippen molar-refractivity contribution in [1.82, 2.24) is 9.78 Å². The molecule has 0 unspecified atom stereocenters. The maximum absolute atomic E-state index is 11.8. The molecule has 0 aromatic carbocycles. The number of aromatic nitrogens is 2. The zero-order valence-corrected chi connectivity index (χ0v) is 10.4. The van der Waals surface area contributed by atoms with Gasteiger partial charge in [0.05, 0.1) is 5.69 Å². The molecule has 0 bridgehead atoms. The number of carbonyl (C=O) groups is 1. The fraction of sp³-hybridized carbons (Fsp3) is 0.545. The van der Waals surface area contributed by atoms with E-state index in [-0.39, 0.29) is 11.5 Å². The van der Waals surface area contributed by atoms with Crippen LogP contribution in [0.15, 0.2) is 10.9 Å². The number of hydrogen-bond acceptors (Lipinski definition) is 3. The summed E-state index contributed by atoms with van der Waals surface area (Å²) < 4.78 is 1.31. The highest BCUT2D eigenvalue weighted by molar-refractivity contribution is 6.67. The van der Waals surface area contributed by atoms with E-state index in [0.29, 0.717) is 12.2 Å². The van der Waals surface area contributed by atoms with Crippen molar-refractivity contribution in [3.63, 3.8) is 0 Å². The topological polar surface area (TPSA) is 52.0 Å². The summed E-state index contributed by atoms with van der Waals surface area (Å²) >= 11 is 5.38. The Kier molecular flexibility index (Phi) is 4.24. The second kappa shape index (κ2) is 5.25. The van der Waals surface area contributed by atoms with Crippen LogP contribution in [0.4, 0.5) is 0 Å². The number of carbonyl (C=O) groups excluding carboxylic acids is 1. The number of rotatable bonds is 4. The molecule has 0 spiro atoms. The molecule has 16 heavy (non-hydrogen) atoms. The van der Waals surface area contributed by atoms with E-state index >= 15 is 0 Å². The zero-order valence-electron chi connectivity index (χ0n) is 9.66. The fourth-order valence-corrected chi connectivity index (χ4v) is 1.48. The largest absolute Gasteiger partial charge is 0.278 e. The van der Waals surface area contributed by atoms with Crippen molar-refractivity contribution in [3.05, 3.63) is 27.7 Å². The predicted molar refractivity (Wildman–Crippen MR) is 63.1 cm³/mol. The van der Waals surface area contributed by atoms with E-state index in [2.05, 4.69) is 5.10 Å². The molecule has 1 rings (SSSR count). The van der Waals surface area contributed by atoms with Crippen LogP contribution in [0.2, 0.25) is 0 Å². The zero-order chi connectivity index (χ0) is 12.3. The van der Waals surface area contributed by atoms with Crippen LogP contribution in [0.25, 0.3) is 0 Å². The number of halogens is 1. The van der Waals surface area contributed by atoms with Gasteiger partial charge in [0, 0.05) is 6.54 Å².